The molecule has 0 fully saturated rings. The van der Waals surface area contributed by atoms with Gasteiger partial charge in [0, 0.05) is 0 Å². The van der Waals surface area contributed by atoms with Crippen molar-refractivity contribution in [3.63, 3.8) is 0 Å². The minimum absolute atomic E-state index is 1.69. The molecule has 0 atom stereocenters. The third-order valence-electron chi connectivity index (χ3n) is 1.59. The first kappa shape index (κ1) is 14.1. The standard InChI is InChI=1S/C8HCl2F6N/c9-7(10)8(16)17-6-4(14)2(12)1(11)3(13)5(6)15/h7H. The van der Waals surface area contributed by atoms with Gasteiger partial charge in [-0.25, -0.2) is 26.9 Å². The SMILES string of the molecule is FC(=Nc1c(F)c(F)c(F)c(F)c1F)C(Cl)Cl. The molecule has 0 aliphatic rings. The second kappa shape index (κ2) is 5.14. The number of rotatable bonds is 2. The minimum Gasteiger partial charge on any atom is -0.215 e. The van der Waals surface area contributed by atoms with Gasteiger partial charge >= 0.3 is 0 Å². The van der Waals surface area contributed by atoms with Crippen LogP contribution in [0.4, 0.5) is 32.0 Å². The summed E-state index contributed by atoms with van der Waals surface area (Å²) < 4.78 is 76.5. The topological polar surface area (TPSA) is 12.4 Å². The molecule has 0 aliphatic carbocycles. The Morgan fingerprint density at radius 3 is 1.53 bits per heavy atom. The van der Waals surface area contributed by atoms with Gasteiger partial charge in [0.15, 0.2) is 28.1 Å². The van der Waals surface area contributed by atoms with Crippen LogP contribution in [0.5, 0.6) is 0 Å². The van der Waals surface area contributed by atoms with Crippen molar-refractivity contribution < 1.29 is 26.3 Å². The van der Waals surface area contributed by atoms with Crippen LogP contribution in [0.3, 0.4) is 0 Å². The molecule has 1 rings (SSSR count). The Morgan fingerprint density at radius 2 is 1.18 bits per heavy atom. The molecule has 1 aromatic carbocycles. The number of hydrogen-bond donors (Lipinski definition) is 0. The van der Waals surface area contributed by atoms with Gasteiger partial charge < -0.3 is 0 Å². The van der Waals surface area contributed by atoms with Crippen LogP contribution in [0.2, 0.25) is 0 Å². The Bertz CT molecular complexity index is 458. The van der Waals surface area contributed by atoms with Gasteiger partial charge in [0.05, 0.1) is 0 Å². The average molecular weight is 296 g/mol. The normalized spacial score (nSPS) is 12.4. The first-order valence-corrected chi connectivity index (χ1v) is 4.68. The lowest BCUT2D eigenvalue weighted by atomic mass is 10.2. The molecule has 0 aliphatic heterocycles. The number of alkyl halides is 2. The molecule has 0 aromatic heterocycles. The van der Waals surface area contributed by atoms with E-state index in [1.807, 2.05) is 0 Å². The van der Waals surface area contributed by atoms with Gasteiger partial charge in [-0.3, -0.25) is 0 Å². The van der Waals surface area contributed by atoms with E-state index >= 15 is 0 Å². The third kappa shape index (κ3) is 2.66. The van der Waals surface area contributed by atoms with Crippen LogP contribution >= 0.6 is 23.2 Å². The summed E-state index contributed by atoms with van der Waals surface area (Å²) in [6.45, 7) is 0. The molecule has 0 bridgehead atoms. The fourth-order valence-corrected chi connectivity index (χ4v) is 0.945. The highest BCUT2D eigenvalue weighted by atomic mass is 35.5. The van der Waals surface area contributed by atoms with Gasteiger partial charge in [-0.15, -0.1) is 0 Å². The summed E-state index contributed by atoms with van der Waals surface area (Å²) in [6, 6.07) is 0. The van der Waals surface area contributed by atoms with E-state index in [1.54, 1.807) is 0 Å². The first-order valence-electron chi connectivity index (χ1n) is 3.81. The van der Waals surface area contributed by atoms with E-state index in [4.69, 9.17) is 23.2 Å². The summed E-state index contributed by atoms with van der Waals surface area (Å²) in [6.07, 6.45) is 0. The van der Waals surface area contributed by atoms with Crippen LogP contribution in [0.25, 0.3) is 0 Å². The smallest absolute Gasteiger partial charge is 0.215 e. The van der Waals surface area contributed by atoms with E-state index in [2.05, 4.69) is 4.99 Å². The van der Waals surface area contributed by atoms with Crippen molar-refractivity contribution in [3.05, 3.63) is 29.1 Å². The van der Waals surface area contributed by atoms with Crippen molar-refractivity contribution in [2.24, 2.45) is 4.99 Å². The monoisotopic (exact) mass is 295 g/mol. The van der Waals surface area contributed by atoms with E-state index in [1.165, 1.54) is 0 Å². The van der Waals surface area contributed by atoms with E-state index in [9.17, 15) is 26.3 Å². The molecule has 0 saturated heterocycles. The molecule has 0 unspecified atom stereocenters. The molecular weight excluding hydrogens is 295 g/mol. The summed E-state index contributed by atoms with van der Waals surface area (Å²) in [5.41, 5.74) is -1.69. The molecule has 0 spiro atoms. The molecule has 0 saturated carbocycles. The van der Waals surface area contributed by atoms with Crippen molar-refractivity contribution in [2.75, 3.05) is 0 Å². The van der Waals surface area contributed by atoms with Crippen LogP contribution in [0, 0.1) is 29.1 Å². The van der Waals surface area contributed by atoms with E-state index in [-0.39, 0.29) is 0 Å². The Labute approximate surface area is 101 Å². The fraction of sp³-hybridized carbons (Fsp3) is 0.125. The van der Waals surface area contributed by atoms with E-state index in [0.717, 1.165) is 0 Å². The summed E-state index contributed by atoms with van der Waals surface area (Å²) in [5, 5.41) is 0. The van der Waals surface area contributed by atoms with Crippen molar-refractivity contribution in [1.29, 1.82) is 0 Å². The predicted octanol–water partition coefficient (Wildman–Crippen LogP) is 4.19. The lowest BCUT2D eigenvalue weighted by Crippen LogP contribution is -2.04. The van der Waals surface area contributed by atoms with Gasteiger partial charge in [0.25, 0.3) is 0 Å². The first-order chi connectivity index (χ1) is 7.77. The summed E-state index contributed by atoms with van der Waals surface area (Å²) in [7, 11) is 0. The van der Waals surface area contributed by atoms with Crippen molar-refractivity contribution >= 4 is 34.9 Å². The van der Waals surface area contributed by atoms with Crippen molar-refractivity contribution in [3.8, 4) is 0 Å². The summed E-state index contributed by atoms with van der Waals surface area (Å²) in [5.74, 6) is -13.1. The summed E-state index contributed by atoms with van der Waals surface area (Å²) in [4.78, 5) is 0.626. The number of benzene rings is 1. The molecule has 0 amide bonds. The highest BCUT2D eigenvalue weighted by molar-refractivity contribution is 6.53. The van der Waals surface area contributed by atoms with Gasteiger partial charge in [0.2, 0.25) is 11.8 Å². The van der Waals surface area contributed by atoms with Gasteiger partial charge in [-0.1, -0.05) is 23.2 Å². The molecule has 94 valence electrons. The number of nitrogens with zero attached hydrogens (tertiary/aromatic N) is 1. The molecule has 9 heteroatoms. The third-order valence-corrected chi connectivity index (χ3v) is 1.95. The zero-order valence-corrected chi connectivity index (χ0v) is 9.06. The lowest BCUT2D eigenvalue weighted by Gasteiger charge is -2.04. The van der Waals surface area contributed by atoms with Crippen molar-refractivity contribution in [2.45, 2.75) is 4.84 Å². The molecule has 1 nitrogen and oxygen atoms in total. The van der Waals surface area contributed by atoms with Gasteiger partial charge in [-0.2, -0.15) is 4.39 Å². The highest BCUT2D eigenvalue weighted by Gasteiger charge is 2.26. The fourth-order valence-electron chi connectivity index (χ4n) is 0.847. The molecule has 17 heavy (non-hydrogen) atoms. The van der Waals surface area contributed by atoms with Crippen LogP contribution < -0.4 is 0 Å². The summed E-state index contributed by atoms with van der Waals surface area (Å²) >= 11 is 9.89. The quantitative estimate of drug-likeness (QED) is 0.255. The Morgan fingerprint density at radius 1 is 0.824 bits per heavy atom. The number of hydrogen-bond acceptors (Lipinski definition) is 1. The molecule has 0 heterocycles. The number of halogens is 8. The molecular formula is C8HCl2F6N. The molecule has 0 radical (unpaired) electrons. The van der Waals surface area contributed by atoms with E-state index in [0.29, 0.717) is 0 Å². The second-order valence-electron chi connectivity index (χ2n) is 2.65. The number of aliphatic imine (C=N–C) groups is 1. The Kier molecular flexibility index (Phi) is 4.26. The zero-order chi connectivity index (χ0) is 13.3. The van der Waals surface area contributed by atoms with Crippen LogP contribution in [-0.4, -0.2) is 10.8 Å². The predicted molar refractivity (Wildman–Crippen MR) is 49.9 cm³/mol. The van der Waals surface area contributed by atoms with Gasteiger partial charge in [0.1, 0.15) is 5.69 Å². The maximum Gasteiger partial charge on any atom is 0.223 e. The average Bonchev–Trinajstić information content (AvgIpc) is 2.29. The second-order valence-corrected chi connectivity index (χ2v) is 3.75. The largest absolute Gasteiger partial charge is 0.223 e. The van der Waals surface area contributed by atoms with Gasteiger partial charge in [-0.05, 0) is 0 Å². The maximum absolute atomic E-state index is 12.9. The van der Waals surface area contributed by atoms with Crippen LogP contribution in [0.15, 0.2) is 4.99 Å². The van der Waals surface area contributed by atoms with Crippen LogP contribution in [0.1, 0.15) is 0 Å². The molecule has 1 aromatic rings. The maximum atomic E-state index is 12.9. The van der Waals surface area contributed by atoms with Crippen LogP contribution in [-0.2, 0) is 0 Å². The van der Waals surface area contributed by atoms with Crippen molar-refractivity contribution in [1.82, 2.24) is 0 Å². The lowest BCUT2D eigenvalue weighted by molar-refractivity contribution is 0.381. The van der Waals surface area contributed by atoms with E-state index < -0.39 is 45.6 Å². The zero-order valence-electron chi connectivity index (χ0n) is 7.55. The minimum atomic E-state index is -2.37. The Balaban J connectivity index is 3.50. The highest BCUT2D eigenvalue weighted by Crippen LogP contribution is 2.30. The Hall–Kier alpha value is -0.950. The molecule has 0 N–H and O–H groups in total.